The standard InChI is InChI=1S/C65H41N/c1-3-17-42(18-4-1)48-39-40-56-52-28-11-12-31-57(52)65(59-33-16-30-54(48)63(56)59)58-32-14-25-46-24-13-29-55(62(46)58)53-38-36-47(41-60(53)65)66(61-34-15-23-43-21-7-9-26-49(43)61)64-50-27-10-8-22-45(50)35-37-51(64)44-19-5-2-6-20-44/h1-41H. The highest BCUT2D eigenvalue weighted by Gasteiger charge is 2.49. The topological polar surface area (TPSA) is 3.24 Å². The summed E-state index contributed by atoms with van der Waals surface area (Å²) in [6.07, 6.45) is 0. The van der Waals surface area contributed by atoms with Gasteiger partial charge in [-0.05, 0) is 112 Å². The molecule has 0 saturated carbocycles. The number of rotatable bonds is 5. The van der Waals surface area contributed by atoms with Crippen molar-refractivity contribution < 1.29 is 0 Å². The second-order valence-electron chi connectivity index (χ2n) is 17.9. The van der Waals surface area contributed by atoms with Gasteiger partial charge in [0.1, 0.15) is 0 Å². The van der Waals surface area contributed by atoms with Crippen LogP contribution in [0.25, 0.3) is 87.6 Å². The summed E-state index contributed by atoms with van der Waals surface area (Å²) >= 11 is 0. The number of hydrogen-bond donors (Lipinski definition) is 0. The smallest absolute Gasteiger partial charge is 0.0726 e. The van der Waals surface area contributed by atoms with Gasteiger partial charge in [0, 0.05) is 22.0 Å². The van der Waals surface area contributed by atoms with Crippen molar-refractivity contribution in [3.05, 3.63) is 271 Å². The third-order valence-electron chi connectivity index (χ3n) is 14.6. The van der Waals surface area contributed by atoms with Crippen LogP contribution >= 0.6 is 0 Å². The molecule has 66 heavy (non-hydrogen) atoms. The van der Waals surface area contributed by atoms with Crippen molar-refractivity contribution in [2.24, 2.45) is 0 Å². The molecule has 1 spiro atoms. The van der Waals surface area contributed by atoms with E-state index in [0.717, 1.165) is 17.1 Å². The van der Waals surface area contributed by atoms with E-state index in [4.69, 9.17) is 0 Å². The van der Waals surface area contributed by atoms with E-state index in [2.05, 4.69) is 254 Å². The zero-order chi connectivity index (χ0) is 43.3. The van der Waals surface area contributed by atoms with Crippen molar-refractivity contribution in [2.45, 2.75) is 5.41 Å². The molecule has 0 bridgehead atoms. The van der Waals surface area contributed by atoms with E-state index in [1.807, 2.05) is 0 Å². The highest BCUT2D eigenvalue weighted by molar-refractivity contribution is 6.15. The number of fused-ring (bicyclic) bond motifs is 10. The fraction of sp³-hybridized carbons (Fsp3) is 0.0154. The first-order chi connectivity index (χ1) is 32.8. The largest absolute Gasteiger partial charge is 0.309 e. The predicted octanol–water partition coefficient (Wildman–Crippen LogP) is 17.4. The second kappa shape index (κ2) is 14.2. The zero-order valence-corrected chi connectivity index (χ0v) is 36.1. The SMILES string of the molecule is c1ccc(-c2ccc3ccccc3c2N(c2ccc3c(c2)C2(c4ccccc4-c4ccc(-c5ccccc5)c5cccc2c45)c2cccc4cccc-3c24)c2cccc3ccccc23)cc1. The summed E-state index contributed by atoms with van der Waals surface area (Å²) in [5.74, 6) is 0. The number of nitrogens with zero attached hydrogens (tertiary/aromatic N) is 1. The molecule has 1 nitrogen and oxygen atoms in total. The quantitative estimate of drug-likeness (QED) is 0.167. The molecule has 14 rings (SSSR count). The minimum Gasteiger partial charge on any atom is -0.309 e. The molecule has 1 heteroatoms. The average molecular weight is 836 g/mol. The molecule has 0 amide bonds. The van der Waals surface area contributed by atoms with Gasteiger partial charge < -0.3 is 4.90 Å². The molecule has 0 aromatic heterocycles. The molecule has 0 fully saturated rings. The molecule has 12 aromatic rings. The summed E-state index contributed by atoms with van der Waals surface area (Å²) in [6.45, 7) is 0. The number of benzene rings is 12. The van der Waals surface area contributed by atoms with Crippen LogP contribution in [0.5, 0.6) is 0 Å². The Morgan fingerprint density at radius 3 is 1.59 bits per heavy atom. The summed E-state index contributed by atoms with van der Waals surface area (Å²) < 4.78 is 0. The van der Waals surface area contributed by atoms with Gasteiger partial charge in [0.15, 0.2) is 0 Å². The van der Waals surface area contributed by atoms with Gasteiger partial charge >= 0.3 is 0 Å². The maximum absolute atomic E-state index is 2.57. The Kier molecular flexibility index (Phi) is 7.97. The summed E-state index contributed by atoms with van der Waals surface area (Å²) in [5.41, 5.74) is 17.9. The van der Waals surface area contributed by atoms with Gasteiger partial charge in [-0.1, -0.05) is 231 Å². The van der Waals surface area contributed by atoms with Gasteiger partial charge in [0.05, 0.1) is 16.8 Å². The molecule has 1 atom stereocenters. The van der Waals surface area contributed by atoms with Crippen molar-refractivity contribution in [1.82, 2.24) is 0 Å². The molecule has 0 radical (unpaired) electrons. The lowest BCUT2D eigenvalue weighted by Gasteiger charge is -2.46. The van der Waals surface area contributed by atoms with Crippen LogP contribution in [0.4, 0.5) is 17.1 Å². The molecule has 1 unspecified atom stereocenters. The maximum atomic E-state index is 2.57. The minimum atomic E-state index is -0.664. The van der Waals surface area contributed by atoms with Gasteiger partial charge in [0.2, 0.25) is 0 Å². The maximum Gasteiger partial charge on any atom is 0.0726 e. The molecule has 12 aromatic carbocycles. The van der Waals surface area contributed by atoms with Gasteiger partial charge in [-0.2, -0.15) is 0 Å². The van der Waals surface area contributed by atoms with Gasteiger partial charge in [-0.3, -0.25) is 0 Å². The van der Waals surface area contributed by atoms with Crippen molar-refractivity contribution in [3.63, 3.8) is 0 Å². The molecule has 306 valence electrons. The zero-order valence-electron chi connectivity index (χ0n) is 36.1. The molecule has 2 aliphatic carbocycles. The van der Waals surface area contributed by atoms with E-state index in [-0.39, 0.29) is 0 Å². The van der Waals surface area contributed by atoms with Crippen molar-refractivity contribution in [1.29, 1.82) is 0 Å². The summed E-state index contributed by atoms with van der Waals surface area (Å²) in [5, 5.41) is 9.97. The summed E-state index contributed by atoms with van der Waals surface area (Å²) in [4.78, 5) is 2.57. The average Bonchev–Trinajstić information content (AvgIpc) is 3.39. The highest BCUT2D eigenvalue weighted by Crippen LogP contribution is 2.62. The third kappa shape index (κ3) is 5.11. The Balaban J connectivity index is 1.16. The molecular weight excluding hydrogens is 795 g/mol. The van der Waals surface area contributed by atoms with Crippen LogP contribution in [0, 0.1) is 0 Å². The predicted molar refractivity (Wildman–Crippen MR) is 278 cm³/mol. The molecule has 0 saturated heterocycles. The first-order valence-electron chi connectivity index (χ1n) is 23.0. The number of hydrogen-bond acceptors (Lipinski definition) is 1. The van der Waals surface area contributed by atoms with Crippen LogP contribution in [0.2, 0.25) is 0 Å². The Hall–Kier alpha value is -8.52. The van der Waals surface area contributed by atoms with E-state index in [9.17, 15) is 0 Å². The summed E-state index contributed by atoms with van der Waals surface area (Å²) in [7, 11) is 0. The Morgan fingerprint density at radius 1 is 0.273 bits per heavy atom. The van der Waals surface area contributed by atoms with Gasteiger partial charge in [0.25, 0.3) is 0 Å². The van der Waals surface area contributed by atoms with Crippen LogP contribution in [-0.4, -0.2) is 0 Å². The molecule has 0 heterocycles. The van der Waals surface area contributed by atoms with Gasteiger partial charge in [-0.25, -0.2) is 0 Å². The first kappa shape index (κ1) is 36.9. The van der Waals surface area contributed by atoms with Crippen molar-refractivity contribution >= 4 is 60.2 Å². The van der Waals surface area contributed by atoms with E-state index in [1.54, 1.807) is 0 Å². The monoisotopic (exact) mass is 835 g/mol. The normalized spacial score (nSPS) is 14.4. The molecule has 2 aliphatic rings. The van der Waals surface area contributed by atoms with Crippen molar-refractivity contribution in [2.75, 3.05) is 4.90 Å². The molecule has 0 aliphatic heterocycles. The van der Waals surface area contributed by atoms with E-state index in [0.29, 0.717) is 0 Å². The Morgan fingerprint density at radius 2 is 0.773 bits per heavy atom. The van der Waals surface area contributed by atoms with Crippen LogP contribution < -0.4 is 4.90 Å². The Bertz CT molecular complexity index is 3930. The van der Waals surface area contributed by atoms with Crippen LogP contribution in [-0.2, 0) is 5.41 Å². The lowest BCUT2D eigenvalue weighted by Crippen LogP contribution is -2.36. The molecule has 0 N–H and O–H groups in total. The molecular formula is C65H41N. The van der Waals surface area contributed by atoms with E-state index >= 15 is 0 Å². The lowest BCUT2D eigenvalue weighted by atomic mass is 9.55. The highest BCUT2D eigenvalue weighted by atomic mass is 15.1. The van der Waals surface area contributed by atoms with Gasteiger partial charge in [-0.15, -0.1) is 0 Å². The van der Waals surface area contributed by atoms with Crippen LogP contribution in [0.15, 0.2) is 249 Å². The lowest BCUT2D eigenvalue weighted by molar-refractivity contribution is 0.754. The van der Waals surface area contributed by atoms with Crippen molar-refractivity contribution in [3.8, 4) is 44.5 Å². The third-order valence-corrected chi connectivity index (χ3v) is 14.6. The number of anilines is 3. The van der Waals surface area contributed by atoms with E-state index in [1.165, 1.54) is 110 Å². The van der Waals surface area contributed by atoms with E-state index < -0.39 is 5.41 Å². The Labute approximate surface area is 384 Å². The minimum absolute atomic E-state index is 0.664. The first-order valence-corrected chi connectivity index (χ1v) is 23.0. The fourth-order valence-corrected chi connectivity index (χ4v) is 12.0. The second-order valence-corrected chi connectivity index (χ2v) is 17.9. The fourth-order valence-electron chi connectivity index (χ4n) is 12.0. The van der Waals surface area contributed by atoms with Crippen LogP contribution in [0.1, 0.15) is 22.3 Å². The van der Waals surface area contributed by atoms with Crippen LogP contribution in [0.3, 0.4) is 0 Å². The summed E-state index contributed by atoms with van der Waals surface area (Å²) in [6, 6.07) is 93.1.